The van der Waals surface area contributed by atoms with Gasteiger partial charge in [-0.05, 0) is 58.2 Å². The number of para-hydroxylation sites is 1. The summed E-state index contributed by atoms with van der Waals surface area (Å²) in [6.45, 7) is 15.2. The third kappa shape index (κ3) is 5.65. The molecule has 0 fully saturated rings. The van der Waals surface area contributed by atoms with Crippen LogP contribution in [0.15, 0.2) is 66.7 Å². The van der Waals surface area contributed by atoms with Gasteiger partial charge in [-0.15, -0.1) is 0 Å². The number of methoxy groups -OCH3 is 1. The Morgan fingerprint density at radius 1 is 0.788 bits per heavy atom. The number of rotatable bonds is 5. The maximum Gasteiger partial charge on any atom is 0.236 e. The quantitative estimate of drug-likeness (QED) is 0.447. The van der Waals surface area contributed by atoms with Gasteiger partial charge in [0.15, 0.2) is 0 Å². The Labute approximate surface area is 199 Å². The molecule has 0 aliphatic rings. The molecule has 0 saturated carbocycles. The van der Waals surface area contributed by atoms with Crippen molar-refractivity contribution in [1.82, 2.24) is 0 Å². The molecule has 0 radical (unpaired) electrons. The first kappa shape index (κ1) is 24.6. The normalized spacial score (nSPS) is 12.8. The molecule has 0 saturated heterocycles. The number of amides is 1. The number of aryl methyl sites for hydroxylation is 1. The molecular formula is C30H37NO2. The Bertz CT molecular complexity index is 1120. The zero-order chi connectivity index (χ0) is 24.4. The number of ether oxygens (including phenoxy) is 1. The number of anilines is 1. The number of benzene rings is 3. The van der Waals surface area contributed by atoms with E-state index in [1.165, 1.54) is 11.1 Å². The van der Waals surface area contributed by atoms with Crippen molar-refractivity contribution in [3.63, 3.8) is 0 Å². The molecule has 174 valence electrons. The van der Waals surface area contributed by atoms with Crippen molar-refractivity contribution in [2.75, 3.05) is 12.4 Å². The fraction of sp³-hybridized carbons (Fsp3) is 0.367. The topological polar surface area (TPSA) is 38.3 Å². The first-order chi connectivity index (χ1) is 15.4. The van der Waals surface area contributed by atoms with Crippen LogP contribution in [0.1, 0.15) is 75.3 Å². The Kier molecular flexibility index (Phi) is 7.02. The zero-order valence-electron chi connectivity index (χ0n) is 21.2. The summed E-state index contributed by atoms with van der Waals surface area (Å²) in [5, 5.41) is 3.14. The first-order valence-corrected chi connectivity index (χ1v) is 11.6. The van der Waals surface area contributed by atoms with Crippen molar-refractivity contribution in [3.05, 3.63) is 94.5 Å². The van der Waals surface area contributed by atoms with Crippen molar-refractivity contribution in [2.24, 2.45) is 0 Å². The third-order valence-electron chi connectivity index (χ3n) is 6.17. The summed E-state index contributed by atoms with van der Waals surface area (Å²) in [5.41, 5.74) is 6.03. The average Bonchev–Trinajstić information content (AvgIpc) is 2.74. The number of carbonyl (C=O) groups excluding carboxylic acids is 1. The van der Waals surface area contributed by atoms with Gasteiger partial charge < -0.3 is 10.1 Å². The molecule has 1 unspecified atom stereocenters. The summed E-state index contributed by atoms with van der Waals surface area (Å²) in [5.74, 6) is 0.140. The van der Waals surface area contributed by atoms with Crippen molar-refractivity contribution >= 4 is 11.6 Å². The van der Waals surface area contributed by atoms with Gasteiger partial charge >= 0.3 is 0 Å². The second kappa shape index (κ2) is 9.43. The molecule has 3 nitrogen and oxygen atoms in total. The zero-order valence-corrected chi connectivity index (χ0v) is 21.2. The van der Waals surface area contributed by atoms with Crippen molar-refractivity contribution in [1.29, 1.82) is 0 Å². The predicted molar refractivity (Wildman–Crippen MR) is 138 cm³/mol. The van der Waals surface area contributed by atoms with Gasteiger partial charge in [0.2, 0.25) is 5.91 Å². The van der Waals surface area contributed by atoms with Gasteiger partial charge in [0, 0.05) is 11.3 Å². The number of hydrogen-bond donors (Lipinski definition) is 1. The minimum absolute atomic E-state index is 0.0275. The molecule has 3 heteroatoms. The van der Waals surface area contributed by atoms with Crippen LogP contribution < -0.4 is 10.1 Å². The van der Waals surface area contributed by atoms with Gasteiger partial charge in [0.05, 0.1) is 13.0 Å². The van der Waals surface area contributed by atoms with E-state index in [-0.39, 0.29) is 16.7 Å². The average molecular weight is 444 g/mol. The van der Waals surface area contributed by atoms with Crippen molar-refractivity contribution in [3.8, 4) is 5.75 Å². The molecule has 0 bridgehead atoms. The van der Waals surface area contributed by atoms with E-state index in [4.69, 9.17) is 4.74 Å². The molecule has 3 rings (SSSR count). The van der Waals surface area contributed by atoms with E-state index in [0.29, 0.717) is 0 Å². The van der Waals surface area contributed by atoms with Gasteiger partial charge in [0.1, 0.15) is 5.75 Å². The Balaban J connectivity index is 2.24. The smallest absolute Gasteiger partial charge is 0.236 e. The fourth-order valence-electron chi connectivity index (χ4n) is 4.03. The minimum atomic E-state index is -0.509. The standard InChI is InChI=1S/C30H37NO2/c1-20-14-15-21(29(2,3)4)18-24(20)27(28(32)31-23-12-10-9-11-13-23)25-19-22(30(5,6)7)16-17-26(25)33-8/h9-19,27H,1-8H3,(H,31,32). The molecule has 0 heterocycles. The minimum Gasteiger partial charge on any atom is -0.496 e. The molecule has 0 spiro atoms. The Morgan fingerprint density at radius 2 is 1.33 bits per heavy atom. The van der Waals surface area contributed by atoms with Crippen LogP contribution in [0.3, 0.4) is 0 Å². The SMILES string of the molecule is COc1ccc(C(C)(C)C)cc1C(C(=O)Nc1ccccc1)c1cc(C(C)(C)C)ccc1C. The van der Waals surface area contributed by atoms with Crippen LogP contribution in [-0.4, -0.2) is 13.0 Å². The lowest BCUT2D eigenvalue weighted by Gasteiger charge is -2.27. The fourth-order valence-corrected chi connectivity index (χ4v) is 4.03. The monoisotopic (exact) mass is 443 g/mol. The summed E-state index contributed by atoms with van der Waals surface area (Å²) in [6, 6.07) is 22.3. The van der Waals surface area contributed by atoms with E-state index in [1.54, 1.807) is 7.11 Å². The van der Waals surface area contributed by atoms with Crippen LogP contribution >= 0.6 is 0 Å². The van der Waals surface area contributed by atoms with Gasteiger partial charge in [-0.1, -0.05) is 90.1 Å². The predicted octanol–water partition coefficient (Wildman–Crippen LogP) is 7.37. The Morgan fingerprint density at radius 3 is 1.88 bits per heavy atom. The maximum atomic E-state index is 13.9. The molecule has 0 aromatic heterocycles. The van der Waals surface area contributed by atoms with Gasteiger partial charge in [-0.25, -0.2) is 0 Å². The molecule has 33 heavy (non-hydrogen) atoms. The van der Waals surface area contributed by atoms with Crippen molar-refractivity contribution in [2.45, 2.75) is 65.2 Å². The summed E-state index contributed by atoms with van der Waals surface area (Å²) < 4.78 is 5.77. The maximum absolute atomic E-state index is 13.9. The van der Waals surface area contributed by atoms with Gasteiger partial charge in [-0.2, -0.15) is 0 Å². The van der Waals surface area contributed by atoms with E-state index in [1.807, 2.05) is 36.4 Å². The highest BCUT2D eigenvalue weighted by atomic mass is 16.5. The lowest BCUT2D eigenvalue weighted by Crippen LogP contribution is -2.25. The number of nitrogens with one attached hydrogen (secondary N) is 1. The lowest BCUT2D eigenvalue weighted by atomic mass is 9.79. The van der Waals surface area contributed by atoms with Gasteiger partial charge in [0.25, 0.3) is 0 Å². The van der Waals surface area contributed by atoms with Crippen LogP contribution in [0.2, 0.25) is 0 Å². The number of hydrogen-bond acceptors (Lipinski definition) is 2. The third-order valence-corrected chi connectivity index (χ3v) is 6.17. The van der Waals surface area contributed by atoms with Crippen LogP contribution in [0.25, 0.3) is 0 Å². The molecule has 3 aromatic carbocycles. The van der Waals surface area contributed by atoms with Gasteiger partial charge in [-0.3, -0.25) is 4.79 Å². The molecule has 1 N–H and O–H groups in total. The van der Waals surface area contributed by atoms with E-state index in [0.717, 1.165) is 28.1 Å². The molecule has 3 aromatic rings. The molecule has 0 aliphatic carbocycles. The van der Waals surface area contributed by atoms with Crippen LogP contribution in [0, 0.1) is 6.92 Å². The second-order valence-corrected chi connectivity index (χ2v) is 10.8. The summed E-state index contributed by atoms with van der Waals surface area (Å²) in [4.78, 5) is 13.9. The van der Waals surface area contributed by atoms with E-state index in [9.17, 15) is 4.79 Å². The number of carbonyl (C=O) groups is 1. The van der Waals surface area contributed by atoms with Crippen molar-refractivity contribution < 1.29 is 9.53 Å². The summed E-state index contributed by atoms with van der Waals surface area (Å²) in [7, 11) is 1.67. The lowest BCUT2D eigenvalue weighted by molar-refractivity contribution is -0.116. The highest BCUT2D eigenvalue weighted by Gasteiger charge is 2.30. The van der Waals surface area contributed by atoms with Crippen LogP contribution in [0.5, 0.6) is 5.75 Å². The summed E-state index contributed by atoms with van der Waals surface area (Å²) >= 11 is 0. The van der Waals surface area contributed by atoms with Crippen LogP contribution in [0.4, 0.5) is 5.69 Å². The molecule has 1 atom stereocenters. The molecular weight excluding hydrogens is 406 g/mol. The van der Waals surface area contributed by atoms with E-state index >= 15 is 0 Å². The molecule has 0 aliphatic heterocycles. The highest BCUT2D eigenvalue weighted by molar-refractivity contribution is 5.99. The highest BCUT2D eigenvalue weighted by Crippen LogP contribution is 2.39. The largest absolute Gasteiger partial charge is 0.496 e. The second-order valence-electron chi connectivity index (χ2n) is 10.8. The Hall–Kier alpha value is -3.07. The van der Waals surface area contributed by atoms with Crippen LogP contribution in [-0.2, 0) is 15.6 Å². The summed E-state index contributed by atoms with van der Waals surface area (Å²) in [6.07, 6.45) is 0. The first-order valence-electron chi connectivity index (χ1n) is 11.6. The van der Waals surface area contributed by atoms with E-state index < -0.39 is 5.92 Å². The van der Waals surface area contributed by atoms with E-state index in [2.05, 4.69) is 84.1 Å². The molecule has 1 amide bonds.